The molecule has 0 bridgehead atoms. The summed E-state index contributed by atoms with van der Waals surface area (Å²) in [6.07, 6.45) is 5.51. The van der Waals surface area contributed by atoms with Crippen molar-refractivity contribution in [1.29, 1.82) is 0 Å². The summed E-state index contributed by atoms with van der Waals surface area (Å²) in [6, 6.07) is 4.40. The SMILES string of the molecule is CCC(C(=O)N1CCCCCC1)N(c1ccc(F)cc1)S(C)(=O)=O. The molecule has 0 N–H and O–H groups in total. The van der Waals surface area contributed by atoms with Crippen molar-refractivity contribution in [2.24, 2.45) is 0 Å². The van der Waals surface area contributed by atoms with Crippen LogP contribution in [0.4, 0.5) is 10.1 Å². The maximum Gasteiger partial charge on any atom is 0.246 e. The lowest BCUT2D eigenvalue weighted by Gasteiger charge is -2.33. The van der Waals surface area contributed by atoms with Gasteiger partial charge in [0.2, 0.25) is 15.9 Å². The van der Waals surface area contributed by atoms with E-state index in [9.17, 15) is 17.6 Å². The van der Waals surface area contributed by atoms with Crippen LogP contribution in [-0.4, -0.2) is 44.6 Å². The third-order valence-electron chi connectivity index (χ3n) is 4.31. The van der Waals surface area contributed by atoms with Gasteiger partial charge in [-0.3, -0.25) is 9.10 Å². The van der Waals surface area contributed by atoms with Gasteiger partial charge in [-0.05, 0) is 43.5 Å². The third-order valence-corrected chi connectivity index (χ3v) is 5.49. The molecule has 7 heteroatoms. The van der Waals surface area contributed by atoms with Crippen molar-refractivity contribution in [2.75, 3.05) is 23.7 Å². The van der Waals surface area contributed by atoms with Crippen LogP contribution in [0.5, 0.6) is 0 Å². The Hall–Kier alpha value is -1.63. The number of anilines is 1. The van der Waals surface area contributed by atoms with E-state index in [0.717, 1.165) is 36.2 Å². The van der Waals surface area contributed by atoms with Gasteiger partial charge in [0.15, 0.2) is 0 Å². The molecule has 1 aliphatic rings. The third kappa shape index (κ3) is 4.47. The van der Waals surface area contributed by atoms with E-state index in [4.69, 9.17) is 0 Å². The van der Waals surface area contributed by atoms with Crippen molar-refractivity contribution in [3.05, 3.63) is 30.1 Å². The van der Waals surface area contributed by atoms with Crippen LogP contribution in [-0.2, 0) is 14.8 Å². The Morgan fingerprint density at radius 3 is 2.17 bits per heavy atom. The van der Waals surface area contributed by atoms with Gasteiger partial charge in [-0.25, -0.2) is 12.8 Å². The quantitative estimate of drug-likeness (QED) is 0.815. The predicted molar refractivity (Wildman–Crippen MR) is 92.8 cm³/mol. The van der Waals surface area contributed by atoms with Crippen LogP contribution >= 0.6 is 0 Å². The van der Waals surface area contributed by atoms with Crippen molar-refractivity contribution in [3.63, 3.8) is 0 Å². The van der Waals surface area contributed by atoms with Crippen molar-refractivity contribution < 1.29 is 17.6 Å². The molecular weight excluding hydrogens is 331 g/mol. The normalized spacial score (nSPS) is 17.2. The number of halogens is 1. The Bertz CT molecular complexity index is 653. The molecule has 0 aromatic heterocycles. The molecule has 1 aromatic carbocycles. The van der Waals surface area contributed by atoms with Crippen LogP contribution in [0.25, 0.3) is 0 Å². The summed E-state index contributed by atoms with van der Waals surface area (Å²) in [5, 5.41) is 0. The van der Waals surface area contributed by atoms with E-state index in [1.54, 1.807) is 11.8 Å². The Kier molecular flexibility index (Phi) is 6.21. The van der Waals surface area contributed by atoms with Crippen LogP contribution in [0, 0.1) is 5.82 Å². The largest absolute Gasteiger partial charge is 0.341 e. The van der Waals surface area contributed by atoms with Gasteiger partial charge >= 0.3 is 0 Å². The molecule has 5 nitrogen and oxygen atoms in total. The monoisotopic (exact) mass is 356 g/mol. The van der Waals surface area contributed by atoms with Gasteiger partial charge in [-0.15, -0.1) is 0 Å². The first-order chi connectivity index (χ1) is 11.3. The summed E-state index contributed by atoms with van der Waals surface area (Å²) >= 11 is 0. The summed E-state index contributed by atoms with van der Waals surface area (Å²) in [6.45, 7) is 3.12. The number of hydrogen-bond acceptors (Lipinski definition) is 3. The lowest BCUT2D eigenvalue weighted by Crippen LogP contribution is -2.51. The first-order valence-electron chi connectivity index (χ1n) is 8.38. The first-order valence-corrected chi connectivity index (χ1v) is 10.2. The molecule has 24 heavy (non-hydrogen) atoms. The average Bonchev–Trinajstić information content (AvgIpc) is 2.81. The van der Waals surface area contributed by atoms with Crippen molar-refractivity contribution in [3.8, 4) is 0 Å². The molecule has 2 rings (SSSR count). The minimum absolute atomic E-state index is 0.172. The standard InChI is InChI=1S/C17H25FN2O3S/c1-3-16(17(21)19-12-6-4-5-7-13-19)20(24(2,22)23)15-10-8-14(18)9-11-15/h8-11,16H,3-7,12-13H2,1-2H3. The smallest absolute Gasteiger partial charge is 0.246 e. The van der Waals surface area contributed by atoms with E-state index in [1.807, 2.05) is 0 Å². The molecule has 1 heterocycles. The van der Waals surface area contributed by atoms with E-state index in [-0.39, 0.29) is 5.91 Å². The highest BCUT2D eigenvalue weighted by Crippen LogP contribution is 2.24. The zero-order chi connectivity index (χ0) is 17.7. The minimum atomic E-state index is -3.67. The number of carbonyl (C=O) groups is 1. The molecule has 0 saturated carbocycles. The van der Waals surface area contributed by atoms with E-state index in [1.165, 1.54) is 24.3 Å². The summed E-state index contributed by atoms with van der Waals surface area (Å²) in [7, 11) is -3.67. The van der Waals surface area contributed by atoms with Crippen LogP contribution in [0.15, 0.2) is 24.3 Å². The Morgan fingerprint density at radius 2 is 1.71 bits per heavy atom. The molecule has 0 radical (unpaired) electrons. The molecular formula is C17H25FN2O3S. The second-order valence-corrected chi connectivity index (χ2v) is 8.06. The van der Waals surface area contributed by atoms with Gasteiger partial charge in [0.25, 0.3) is 0 Å². The number of likely N-dealkylation sites (tertiary alicyclic amines) is 1. The van der Waals surface area contributed by atoms with Crippen LogP contribution < -0.4 is 4.31 Å². The van der Waals surface area contributed by atoms with E-state index < -0.39 is 21.9 Å². The summed E-state index contributed by atoms with van der Waals surface area (Å²) in [5.74, 6) is -0.617. The molecule has 0 spiro atoms. The zero-order valence-corrected chi connectivity index (χ0v) is 15.1. The number of benzene rings is 1. The Labute approximate surface area is 143 Å². The van der Waals surface area contributed by atoms with Gasteiger partial charge in [0.1, 0.15) is 11.9 Å². The molecule has 1 unspecified atom stereocenters. The number of sulfonamides is 1. The second kappa shape index (κ2) is 7.96. The van der Waals surface area contributed by atoms with Crippen LogP contribution in [0.1, 0.15) is 39.0 Å². The lowest BCUT2D eigenvalue weighted by atomic mass is 10.1. The van der Waals surface area contributed by atoms with Gasteiger partial charge < -0.3 is 4.90 Å². The number of rotatable bonds is 5. The van der Waals surface area contributed by atoms with Gasteiger partial charge in [0.05, 0.1) is 11.9 Å². The molecule has 1 aliphatic heterocycles. The van der Waals surface area contributed by atoms with Crippen molar-refractivity contribution in [2.45, 2.75) is 45.1 Å². The van der Waals surface area contributed by atoms with Gasteiger partial charge in [0, 0.05) is 13.1 Å². The lowest BCUT2D eigenvalue weighted by molar-refractivity contribution is -0.132. The molecule has 1 atom stereocenters. The topological polar surface area (TPSA) is 57.7 Å². The second-order valence-electron chi connectivity index (χ2n) is 6.20. The van der Waals surface area contributed by atoms with Crippen molar-refractivity contribution >= 4 is 21.6 Å². The fraction of sp³-hybridized carbons (Fsp3) is 0.588. The Balaban J connectivity index is 2.34. The maximum absolute atomic E-state index is 13.2. The van der Waals surface area contributed by atoms with E-state index in [0.29, 0.717) is 25.2 Å². The average molecular weight is 356 g/mol. The summed E-state index contributed by atoms with van der Waals surface area (Å²) in [4.78, 5) is 14.7. The molecule has 1 saturated heterocycles. The molecule has 134 valence electrons. The highest BCUT2D eigenvalue weighted by Gasteiger charge is 2.34. The fourth-order valence-corrected chi connectivity index (χ4v) is 4.34. The number of nitrogens with zero attached hydrogens (tertiary/aromatic N) is 2. The predicted octanol–water partition coefficient (Wildman–Crippen LogP) is 2.77. The molecule has 0 aliphatic carbocycles. The van der Waals surface area contributed by atoms with Crippen LogP contribution in [0.3, 0.4) is 0 Å². The zero-order valence-electron chi connectivity index (χ0n) is 14.2. The number of carbonyl (C=O) groups excluding carboxylic acids is 1. The molecule has 1 amide bonds. The first kappa shape index (κ1) is 18.7. The maximum atomic E-state index is 13.2. The molecule has 1 fully saturated rings. The fourth-order valence-electron chi connectivity index (χ4n) is 3.13. The number of hydrogen-bond donors (Lipinski definition) is 0. The summed E-state index contributed by atoms with van der Waals surface area (Å²) < 4.78 is 39.0. The van der Waals surface area contributed by atoms with Gasteiger partial charge in [-0.1, -0.05) is 19.8 Å². The van der Waals surface area contributed by atoms with E-state index >= 15 is 0 Å². The van der Waals surface area contributed by atoms with Crippen LogP contribution in [0.2, 0.25) is 0 Å². The highest BCUT2D eigenvalue weighted by molar-refractivity contribution is 7.92. The number of amides is 1. The highest BCUT2D eigenvalue weighted by atomic mass is 32.2. The molecule has 1 aromatic rings. The minimum Gasteiger partial charge on any atom is -0.341 e. The van der Waals surface area contributed by atoms with Crippen molar-refractivity contribution in [1.82, 2.24) is 4.90 Å². The van der Waals surface area contributed by atoms with E-state index in [2.05, 4.69) is 0 Å². The summed E-state index contributed by atoms with van der Waals surface area (Å²) in [5.41, 5.74) is 0.314. The Morgan fingerprint density at radius 1 is 1.17 bits per heavy atom. The van der Waals surface area contributed by atoms with Gasteiger partial charge in [-0.2, -0.15) is 0 Å².